The maximum atomic E-state index is 12.9. The summed E-state index contributed by atoms with van der Waals surface area (Å²) in [6.45, 7) is 6.87. The van der Waals surface area contributed by atoms with Crippen LogP contribution in [0.25, 0.3) is 0 Å². The summed E-state index contributed by atoms with van der Waals surface area (Å²) in [6, 6.07) is 11.3. The van der Waals surface area contributed by atoms with Crippen LogP contribution in [0.3, 0.4) is 0 Å². The van der Waals surface area contributed by atoms with E-state index in [0.717, 1.165) is 28.1 Å². The molecule has 1 amide bonds. The molecule has 0 radical (unpaired) electrons. The molecule has 0 unspecified atom stereocenters. The molecule has 0 aliphatic carbocycles. The molecular formula is C26H31ClN3O4S+. The van der Waals surface area contributed by atoms with E-state index in [9.17, 15) is 20.1 Å². The van der Waals surface area contributed by atoms with E-state index in [-0.39, 0.29) is 6.54 Å². The summed E-state index contributed by atoms with van der Waals surface area (Å²) in [5.41, 5.74) is 2.91. The highest BCUT2D eigenvalue weighted by Crippen LogP contribution is 2.23. The second-order valence-corrected chi connectivity index (χ2v) is 9.63. The Hall–Kier alpha value is -2.91. The minimum absolute atomic E-state index is 0.237. The van der Waals surface area contributed by atoms with E-state index in [0.29, 0.717) is 24.5 Å². The minimum Gasteiger partial charge on any atom is -0.462 e. The zero-order chi connectivity index (χ0) is 25.4. The summed E-state index contributed by atoms with van der Waals surface area (Å²) in [7, 11) is 0. The van der Waals surface area contributed by atoms with Gasteiger partial charge in [0.25, 0.3) is 5.91 Å². The van der Waals surface area contributed by atoms with E-state index >= 15 is 0 Å². The van der Waals surface area contributed by atoms with Crippen LogP contribution in [0, 0.1) is 0 Å². The maximum Gasteiger partial charge on any atom is 0.365 e. The molecule has 9 heteroatoms. The Morgan fingerprint density at radius 2 is 2.00 bits per heavy atom. The lowest BCUT2D eigenvalue weighted by Gasteiger charge is -2.31. The minimum atomic E-state index is -1.80. The third-order valence-corrected chi connectivity index (χ3v) is 7.01. The first kappa shape index (κ1) is 26.7. The number of aliphatic hydroxyl groups is 3. The number of hydrogen-bond donors (Lipinski definition) is 4. The van der Waals surface area contributed by atoms with Gasteiger partial charge in [-0.1, -0.05) is 54.1 Å². The molecular weight excluding hydrogens is 486 g/mol. The number of amides is 1. The first-order chi connectivity index (χ1) is 16.8. The number of carbonyl (C=O) groups excluding carboxylic acids is 1. The number of thiophene rings is 1. The zero-order valence-corrected chi connectivity index (χ0v) is 21.2. The lowest BCUT2D eigenvalue weighted by atomic mass is 10.1. The van der Waals surface area contributed by atoms with E-state index in [4.69, 9.17) is 11.6 Å². The molecule has 0 spiro atoms. The zero-order valence-electron chi connectivity index (χ0n) is 19.6. The molecule has 4 N–H and O–H groups in total. The predicted molar refractivity (Wildman–Crippen MR) is 140 cm³/mol. The van der Waals surface area contributed by atoms with Crippen molar-refractivity contribution in [2.75, 3.05) is 18.1 Å². The summed E-state index contributed by atoms with van der Waals surface area (Å²) in [4.78, 5) is 16.5. The Balaban J connectivity index is 1.60. The van der Waals surface area contributed by atoms with Crippen molar-refractivity contribution >= 4 is 40.4 Å². The smallest absolute Gasteiger partial charge is 0.365 e. The van der Waals surface area contributed by atoms with E-state index < -0.39 is 24.0 Å². The van der Waals surface area contributed by atoms with Crippen LogP contribution in [0.15, 0.2) is 77.2 Å². The van der Waals surface area contributed by atoms with Crippen LogP contribution in [0.5, 0.6) is 0 Å². The maximum absolute atomic E-state index is 12.9. The van der Waals surface area contributed by atoms with Gasteiger partial charge in [-0.2, -0.15) is 0 Å². The Labute approximate surface area is 214 Å². The fourth-order valence-electron chi connectivity index (χ4n) is 3.73. The average molecular weight is 517 g/mol. The fourth-order valence-corrected chi connectivity index (χ4v) is 4.69. The highest BCUT2D eigenvalue weighted by Gasteiger charge is 2.38. The largest absolute Gasteiger partial charge is 0.462 e. The Bertz CT molecular complexity index is 1110. The van der Waals surface area contributed by atoms with E-state index in [1.807, 2.05) is 48.7 Å². The molecule has 1 aliphatic rings. The number of carbonyl (C=O) groups is 1. The number of nitrogens with one attached hydrogen (secondary N) is 1. The van der Waals surface area contributed by atoms with Gasteiger partial charge in [-0.3, -0.25) is 14.8 Å². The SMILES string of the molecule is C=C/C=C\C(Cl)=C(/C)Cc1csc(C[NH+]=C(O)[C@H](O)[C@@H](O)C(=O)N2CCCN2c2ccccc2)c1. The number of anilines is 1. The number of aliphatic hydroxyl groups excluding tert-OH is 3. The number of benzene rings is 1. The highest BCUT2D eigenvalue weighted by atomic mass is 35.5. The first-order valence-corrected chi connectivity index (χ1v) is 12.6. The van der Waals surface area contributed by atoms with Gasteiger partial charge < -0.3 is 15.3 Å². The number of rotatable bonds is 10. The molecule has 1 aromatic heterocycles. The van der Waals surface area contributed by atoms with Crippen LogP contribution < -0.4 is 10.0 Å². The molecule has 186 valence electrons. The van der Waals surface area contributed by atoms with E-state index in [2.05, 4.69) is 11.6 Å². The van der Waals surface area contributed by atoms with Gasteiger partial charge in [-0.05, 0) is 55.0 Å². The summed E-state index contributed by atoms with van der Waals surface area (Å²) < 4.78 is 0. The molecule has 3 rings (SSSR count). The number of halogens is 1. The number of hydrogen-bond acceptors (Lipinski definition) is 5. The van der Waals surface area contributed by atoms with Gasteiger partial charge in [-0.25, -0.2) is 4.99 Å². The van der Waals surface area contributed by atoms with Crippen molar-refractivity contribution in [1.29, 1.82) is 0 Å². The Morgan fingerprint density at radius 3 is 2.71 bits per heavy atom. The molecule has 1 saturated heterocycles. The monoisotopic (exact) mass is 516 g/mol. The average Bonchev–Trinajstić information content (AvgIpc) is 3.54. The first-order valence-electron chi connectivity index (χ1n) is 11.3. The molecule has 35 heavy (non-hydrogen) atoms. The summed E-state index contributed by atoms with van der Waals surface area (Å²) in [5.74, 6) is -1.23. The molecule has 2 atom stereocenters. The van der Waals surface area contributed by atoms with Crippen LogP contribution in [-0.2, 0) is 17.8 Å². The van der Waals surface area contributed by atoms with Crippen LogP contribution in [0.2, 0.25) is 0 Å². The predicted octanol–water partition coefficient (Wildman–Crippen LogP) is 2.46. The number of hydrazine groups is 1. The van der Waals surface area contributed by atoms with E-state index in [1.54, 1.807) is 23.2 Å². The molecule has 0 saturated carbocycles. The number of allylic oxidation sites excluding steroid dienone is 5. The van der Waals surface area contributed by atoms with Crippen molar-refractivity contribution in [3.63, 3.8) is 0 Å². The van der Waals surface area contributed by atoms with Crippen LogP contribution >= 0.6 is 22.9 Å². The quantitative estimate of drug-likeness (QED) is 0.221. The number of para-hydroxylation sites is 1. The molecule has 7 nitrogen and oxygen atoms in total. The lowest BCUT2D eigenvalue weighted by Crippen LogP contribution is -2.75. The number of nitrogens with zero attached hydrogens (tertiary/aromatic N) is 2. The van der Waals surface area contributed by atoms with Crippen molar-refractivity contribution in [3.8, 4) is 0 Å². The van der Waals surface area contributed by atoms with Crippen molar-refractivity contribution in [2.45, 2.75) is 38.5 Å². The van der Waals surface area contributed by atoms with E-state index in [1.165, 1.54) is 16.3 Å². The molecule has 2 heterocycles. The molecule has 1 fully saturated rings. The van der Waals surface area contributed by atoms with Crippen LogP contribution in [0.4, 0.5) is 5.69 Å². The summed E-state index contributed by atoms with van der Waals surface area (Å²) in [5, 5.41) is 37.0. The molecule has 1 aromatic carbocycles. The van der Waals surface area contributed by atoms with Gasteiger partial charge in [0.1, 0.15) is 0 Å². The van der Waals surface area contributed by atoms with Crippen LogP contribution in [-0.4, -0.2) is 57.4 Å². The van der Waals surface area contributed by atoms with Gasteiger partial charge in [-0.15, -0.1) is 11.3 Å². The summed E-state index contributed by atoms with van der Waals surface area (Å²) >= 11 is 7.76. The third-order valence-electron chi connectivity index (χ3n) is 5.58. The van der Waals surface area contributed by atoms with Crippen molar-refractivity contribution < 1.29 is 25.1 Å². The fraction of sp³-hybridized carbons (Fsp3) is 0.308. The van der Waals surface area contributed by atoms with Gasteiger partial charge in [0, 0.05) is 18.1 Å². The topological polar surface area (TPSA) is 98.2 Å². The molecule has 2 aromatic rings. The van der Waals surface area contributed by atoms with Crippen molar-refractivity contribution in [2.24, 2.45) is 0 Å². The highest BCUT2D eigenvalue weighted by molar-refractivity contribution is 7.10. The Morgan fingerprint density at radius 1 is 1.26 bits per heavy atom. The molecule has 1 aliphatic heterocycles. The van der Waals surface area contributed by atoms with Gasteiger partial charge >= 0.3 is 5.90 Å². The van der Waals surface area contributed by atoms with Crippen molar-refractivity contribution in [1.82, 2.24) is 5.01 Å². The lowest BCUT2D eigenvalue weighted by molar-refractivity contribution is -0.487. The Kier molecular flexibility index (Phi) is 9.68. The van der Waals surface area contributed by atoms with Gasteiger partial charge in [0.15, 0.2) is 12.6 Å². The van der Waals surface area contributed by atoms with Gasteiger partial charge in [0.05, 0.1) is 10.6 Å². The standard InChI is InChI=1S/C26H30ClN3O4S/c1-3-4-11-22(27)18(2)14-19-15-21(35-17-19)16-28-25(33)23(31)24(32)26(34)30-13-8-12-29(30)20-9-6-5-7-10-20/h3-7,9-11,15,17,23-24,31-32H,1,8,12-14,16H2,2H3,(H,28,33)/p+1/b11-4-,22-18-/t23-,24-/m1/s1. The third kappa shape index (κ3) is 7.05. The van der Waals surface area contributed by atoms with Crippen LogP contribution in [0.1, 0.15) is 23.8 Å². The van der Waals surface area contributed by atoms with Gasteiger partial charge in [0.2, 0.25) is 6.10 Å². The second-order valence-electron chi connectivity index (χ2n) is 8.22. The van der Waals surface area contributed by atoms with Crippen molar-refractivity contribution in [3.05, 3.63) is 87.6 Å². The summed E-state index contributed by atoms with van der Waals surface area (Å²) in [6.07, 6.45) is 3.08. The molecule has 0 bridgehead atoms. The normalized spacial score (nSPS) is 17.0. The second kappa shape index (κ2) is 12.7.